The second-order valence-corrected chi connectivity index (χ2v) is 7.88. The van der Waals surface area contributed by atoms with E-state index in [4.69, 9.17) is 0 Å². The number of H-pyrrole nitrogens is 1. The number of aromatic nitrogens is 2. The lowest BCUT2D eigenvalue weighted by Gasteiger charge is -2.47. The quantitative estimate of drug-likeness (QED) is 0.914. The van der Waals surface area contributed by atoms with Crippen molar-refractivity contribution in [2.24, 2.45) is 11.3 Å². The maximum atomic E-state index is 13.1. The Kier molecular flexibility index (Phi) is 3.55. The normalized spacial score (nSPS) is 19.4. The minimum atomic E-state index is -0.544. The first-order valence-electron chi connectivity index (χ1n) is 8.80. The summed E-state index contributed by atoms with van der Waals surface area (Å²) in [4.78, 5) is 36.9. The zero-order valence-electron chi connectivity index (χ0n) is 15.1. The summed E-state index contributed by atoms with van der Waals surface area (Å²) in [5.41, 5.74) is 1.78. The molecule has 2 aromatic rings. The number of nitriles is 1. The van der Waals surface area contributed by atoms with E-state index in [1.807, 2.05) is 26.8 Å². The van der Waals surface area contributed by atoms with Crippen LogP contribution in [0.3, 0.4) is 0 Å². The Labute approximate surface area is 151 Å². The third-order valence-electron chi connectivity index (χ3n) is 5.37. The molecule has 26 heavy (non-hydrogen) atoms. The summed E-state index contributed by atoms with van der Waals surface area (Å²) >= 11 is 0. The fourth-order valence-corrected chi connectivity index (χ4v) is 4.05. The standard InChI is InChI=1S/C19H21N5O2/c1-11(2)15(18(26)23-9-19(3,8-20)10-23)24-7-12-4-5-21-16-14(12)13(6-22-16)17(24)25/h4-6,11,15H,7,9-10H2,1-3H3,(H,21,22)/t15-/m1/s1. The van der Waals surface area contributed by atoms with Gasteiger partial charge >= 0.3 is 0 Å². The van der Waals surface area contributed by atoms with Gasteiger partial charge in [0.2, 0.25) is 5.91 Å². The van der Waals surface area contributed by atoms with Gasteiger partial charge in [-0.1, -0.05) is 13.8 Å². The van der Waals surface area contributed by atoms with Crippen LogP contribution in [-0.2, 0) is 11.3 Å². The van der Waals surface area contributed by atoms with Crippen molar-refractivity contribution in [1.82, 2.24) is 19.8 Å². The van der Waals surface area contributed by atoms with Crippen molar-refractivity contribution in [3.8, 4) is 6.07 Å². The summed E-state index contributed by atoms with van der Waals surface area (Å²) < 4.78 is 0. The number of rotatable bonds is 3. The highest BCUT2D eigenvalue weighted by Gasteiger charge is 2.46. The second kappa shape index (κ2) is 5.56. The van der Waals surface area contributed by atoms with Gasteiger partial charge in [0.15, 0.2) is 0 Å². The van der Waals surface area contributed by atoms with Gasteiger partial charge < -0.3 is 14.8 Å². The number of nitrogens with one attached hydrogen (secondary N) is 1. The zero-order chi connectivity index (χ0) is 18.6. The summed E-state index contributed by atoms with van der Waals surface area (Å²) in [6, 6.07) is 3.61. The number of likely N-dealkylation sites (tertiary alicyclic amines) is 1. The molecule has 2 aliphatic heterocycles. The average molecular weight is 351 g/mol. The van der Waals surface area contributed by atoms with Gasteiger partial charge in [0.05, 0.1) is 17.0 Å². The van der Waals surface area contributed by atoms with Gasteiger partial charge in [-0.25, -0.2) is 4.98 Å². The summed E-state index contributed by atoms with van der Waals surface area (Å²) in [5, 5.41) is 10.0. The number of pyridine rings is 1. The minimum absolute atomic E-state index is 0.0294. The predicted molar refractivity (Wildman–Crippen MR) is 94.9 cm³/mol. The molecule has 1 atom stereocenters. The molecule has 4 heterocycles. The molecule has 0 aliphatic carbocycles. The Balaban J connectivity index is 1.65. The SMILES string of the molecule is CC(C)[C@H](C(=O)N1CC(C)(C#N)C1)N1Cc2ccnc3[nH]cc(c23)C1=O. The van der Waals surface area contributed by atoms with Crippen LogP contribution in [0.5, 0.6) is 0 Å². The van der Waals surface area contributed by atoms with E-state index in [2.05, 4.69) is 16.0 Å². The molecule has 0 aromatic carbocycles. The number of carbonyl (C=O) groups excluding carboxylic acids is 2. The molecular weight excluding hydrogens is 330 g/mol. The molecule has 0 unspecified atom stereocenters. The highest BCUT2D eigenvalue weighted by Crippen LogP contribution is 2.34. The van der Waals surface area contributed by atoms with E-state index in [-0.39, 0.29) is 17.7 Å². The molecule has 134 valence electrons. The molecule has 7 nitrogen and oxygen atoms in total. The van der Waals surface area contributed by atoms with Gasteiger partial charge in [0.25, 0.3) is 5.91 Å². The molecule has 0 bridgehead atoms. The number of hydrogen-bond donors (Lipinski definition) is 1. The van der Waals surface area contributed by atoms with Crippen LogP contribution in [0.1, 0.15) is 36.7 Å². The third kappa shape index (κ3) is 2.29. The lowest BCUT2D eigenvalue weighted by molar-refractivity contribution is -0.146. The number of hydrogen-bond acceptors (Lipinski definition) is 4. The van der Waals surface area contributed by atoms with E-state index >= 15 is 0 Å². The largest absolute Gasteiger partial charge is 0.345 e. The van der Waals surface area contributed by atoms with Gasteiger partial charge in [-0.15, -0.1) is 0 Å². The lowest BCUT2D eigenvalue weighted by Crippen LogP contribution is -2.62. The van der Waals surface area contributed by atoms with Gasteiger partial charge in [-0.05, 0) is 24.5 Å². The first kappa shape index (κ1) is 16.6. The molecule has 7 heteroatoms. The van der Waals surface area contributed by atoms with Crippen LogP contribution >= 0.6 is 0 Å². The van der Waals surface area contributed by atoms with E-state index in [1.165, 1.54) is 0 Å². The van der Waals surface area contributed by atoms with Gasteiger partial charge in [0.1, 0.15) is 11.7 Å². The van der Waals surface area contributed by atoms with E-state index in [9.17, 15) is 14.9 Å². The first-order valence-corrected chi connectivity index (χ1v) is 8.80. The molecule has 0 radical (unpaired) electrons. The van der Waals surface area contributed by atoms with Crippen LogP contribution in [0.25, 0.3) is 11.0 Å². The Morgan fingerprint density at radius 1 is 1.42 bits per heavy atom. The van der Waals surface area contributed by atoms with E-state index in [0.29, 0.717) is 30.8 Å². The summed E-state index contributed by atoms with van der Waals surface area (Å²) in [6.45, 7) is 6.99. The van der Waals surface area contributed by atoms with Gasteiger partial charge in [-0.3, -0.25) is 9.59 Å². The topological polar surface area (TPSA) is 93.1 Å². The highest BCUT2D eigenvalue weighted by molar-refractivity contribution is 6.10. The summed E-state index contributed by atoms with van der Waals surface area (Å²) in [7, 11) is 0. The summed E-state index contributed by atoms with van der Waals surface area (Å²) in [5.74, 6) is -0.254. The van der Waals surface area contributed by atoms with Crippen LogP contribution in [0, 0.1) is 22.7 Å². The average Bonchev–Trinajstić information content (AvgIpc) is 3.02. The first-order chi connectivity index (χ1) is 12.3. The van der Waals surface area contributed by atoms with Crippen molar-refractivity contribution >= 4 is 22.8 Å². The molecule has 1 fully saturated rings. The Morgan fingerprint density at radius 2 is 2.15 bits per heavy atom. The maximum Gasteiger partial charge on any atom is 0.257 e. The smallest absolute Gasteiger partial charge is 0.257 e. The molecule has 1 saturated heterocycles. The third-order valence-corrected chi connectivity index (χ3v) is 5.37. The van der Waals surface area contributed by atoms with Crippen molar-refractivity contribution in [3.63, 3.8) is 0 Å². The van der Waals surface area contributed by atoms with Crippen LogP contribution in [0.2, 0.25) is 0 Å². The molecule has 2 amide bonds. The van der Waals surface area contributed by atoms with Gasteiger partial charge in [0, 0.05) is 37.4 Å². The number of amides is 2. The molecule has 2 aliphatic rings. The Hall–Kier alpha value is -2.88. The fourth-order valence-electron chi connectivity index (χ4n) is 4.05. The predicted octanol–water partition coefficient (Wildman–Crippen LogP) is 1.92. The zero-order valence-corrected chi connectivity index (χ0v) is 15.1. The van der Waals surface area contributed by atoms with E-state index in [0.717, 1.165) is 10.9 Å². The minimum Gasteiger partial charge on any atom is -0.345 e. The number of aromatic amines is 1. The van der Waals surface area contributed by atoms with Crippen LogP contribution in [0.4, 0.5) is 0 Å². The number of nitrogens with zero attached hydrogens (tertiary/aromatic N) is 4. The molecule has 1 N–H and O–H groups in total. The maximum absolute atomic E-state index is 13.1. The van der Waals surface area contributed by atoms with Gasteiger partial charge in [-0.2, -0.15) is 5.26 Å². The Bertz CT molecular complexity index is 948. The monoisotopic (exact) mass is 351 g/mol. The molecule has 2 aromatic heterocycles. The second-order valence-electron chi connectivity index (χ2n) is 7.88. The Morgan fingerprint density at radius 3 is 2.81 bits per heavy atom. The van der Waals surface area contributed by atoms with Crippen molar-refractivity contribution in [3.05, 3.63) is 29.6 Å². The van der Waals surface area contributed by atoms with Crippen molar-refractivity contribution < 1.29 is 9.59 Å². The van der Waals surface area contributed by atoms with Crippen LogP contribution < -0.4 is 0 Å². The number of carbonyl (C=O) groups is 2. The molecular formula is C19H21N5O2. The summed E-state index contributed by atoms with van der Waals surface area (Å²) in [6.07, 6.45) is 3.39. The van der Waals surface area contributed by atoms with Crippen LogP contribution in [-0.4, -0.2) is 50.7 Å². The highest BCUT2D eigenvalue weighted by atomic mass is 16.2. The fraction of sp³-hybridized carbons (Fsp3) is 0.474. The molecule has 0 spiro atoms. The van der Waals surface area contributed by atoms with Crippen LogP contribution in [0.15, 0.2) is 18.5 Å². The van der Waals surface area contributed by atoms with Crippen molar-refractivity contribution in [2.45, 2.75) is 33.4 Å². The lowest BCUT2D eigenvalue weighted by atomic mass is 9.82. The van der Waals surface area contributed by atoms with Crippen molar-refractivity contribution in [1.29, 1.82) is 5.26 Å². The van der Waals surface area contributed by atoms with E-state index < -0.39 is 11.5 Å². The van der Waals surface area contributed by atoms with Crippen molar-refractivity contribution in [2.75, 3.05) is 13.1 Å². The molecule has 0 saturated carbocycles. The van der Waals surface area contributed by atoms with E-state index in [1.54, 1.807) is 22.2 Å². The molecule has 4 rings (SSSR count).